The van der Waals surface area contributed by atoms with Crippen molar-refractivity contribution >= 4 is 27.5 Å². The minimum Gasteiger partial charge on any atom is -0.493 e. The molecule has 0 unspecified atom stereocenters. The molecule has 0 bridgehead atoms. The molecule has 1 atom stereocenters. The first kappa shape index (κ1) is 33.4. The van der Waals surface area contributed by atoms with Gasteiger partial charge >= 0.3 is 0 Å². The molecule has 0 aliphatic rings. The summed E-state index contributed by atoms with van der Waals surface area (Å²) in [4.78, 5) is 28.7. The van der Waals surface area contributed by atoms with Gasteiger partial charge in [-0.2, -0.15) is 0 Å². The molecule has 9 nitrogen and oxygen atoms in total. The van der Waals surface area contributed by atoms with Crippen LogP contribution >= 0.6 is 0 Å². The quantitative estimate of drug-likeness (QED) is 0.240. The van der Waals surface area contributed by atoms with Gasteiger partial charge in [-0.25, -0.2) is 12.8 Å². The third-order valence-corrected chi connectivity index (χ3v) is 8.92. The third-order valence-electron chi connectivity index (χ3n) is 7.15. The Kier molecular flexibility index (Phi) is 11.9. The van der Waals surface area contributed by atoms with Crippen molar-refractivity contribution in [2.24, 2.45) is 0 Å². The van der Waals surface area contributed by atoms with Crippen molar-refractivity contribution in [2.45, 2.75) is 57.5 Å². The number of halogens is 1. The molecular weight excluding hydrogens is 573 g/mol. The number of unbranched alkanes of at least 4 members (excludes halogenated alkanes) is 1. The number of sulfonamides is 1. The number of anilines is 1. The van der Waals surface area contributed by atoms with E-state index in [2.05, 4.69) is 5.32 Å². The van der Waals surface area contributed by atoms with E-state index >= 15 is 0 Å². The van der Waals surface area contributed by atoms with E-state index in [1.165, 1.54) is 49.5 Å². The Morgan fingerprint density at radius 2 is 1.63 bits per heavy atom. The summed E-state index contributed by atoms with van der Waals surface area (Å²) < 4.78 is 53.5. The molecule has 3 rings (SSSR count). The first-order valence-electron chi connectivity index (χ1n) is 14.2. The van der Waals surface area contributed by atoms with Crippen molar-refractivity contribution in [2.75, 3.05) is 31.6 Å². The van der Waals surface area contributed by atoms with Gasteiger partial charge in [-0.05, 0) is 67.3 Å². The Bertz CT molecular complexity index is 1500. The number of hydrogen-bond acceptors (Lipinski definition) is 6. The highest BCUT2D eigenvalue weighted by Gasteiger charge is 2.34. The number of aryl methyl sites for hydroxylation is 1. The molecule has 0 saturated heterocycles. The average molecular weight is 614 g/mol. The topological polar surface area (TPSA) is 105 Å². The molecule has 0 fully saturated rings. The van der Waals surface area contributed by atoms with Crippen LogP contribution in [0, 0.1) is 12.7 Å². The van der Waals surface area contributed by atoms with Gasteiger partial charge in [0.15, 0.2) is 11.5 Å². The molecule has 0 radical (unpaired) electrons. The molecule has 2 amide bonds. The monoisotopic (exact) mass is 613 g/mol. The van der Waals surface area contributed by atoms with E-state index < -0.39 is 34.3 Å². The normalized spacial score (nSPS) is 11.9. The third kappa shape index (κ3) is 8.25. The Balaban J connectivity index is 2.08. The number of ether oxygens (including phenoxy) is 2. The van der Waals surface area contributed by atoms with Gasteiger partial charge < -0.3 is 19.7 Å². The van der Waals surface area contributed by atoms with Crippen molar-refractivity contribution < 1.29 is 31.9 Å². The largest absolute Gasteiger partial charge is 0.493 e. The molecule has 232 valence electrons. The zero-order chi connectivity index (χ0) is 31.6. The van der Waals surface area contributed by atoms with Gasteiger partial charge in [0.1, 0.15) is 18.4 Å². The van der Waals surface area contributed by atoms with E-state index in [0.29, 0.717) is 18.7 Å². The van der Waals surface area contributed by atoms with Gasteiger partial charge in [0.25, 0.3) is 10.0 Å². The number of rotatable bonds is 15. The second-order valence-corrected chi connectivity index (χ2v) is 11.9. The number of hydrogen-bond donors (Lipinski definition) is 1. The van der Waals surface area contributed by atoms with Crippen molar-refractivity contribution in [1.29, 1.82) is 0 Å². The van der Waals surface area contributed by atoms with Crippen molar-refractivity contribution in [3.05, 3.63) is 83.7 Å². The highest BCUT2D eigenvalue weighted by molar-refractivity contribution is 7.92. The van der Waals surface area contributed by atoms with Crippen LogP contribution in [0.2, 0.25) is 0 Å². The Morgan fingerprint density at radius 3 is 2.23 bits per heavy atom. The number of nitrogens with one attached hydrogen (secondary N) is 1. The molecule has 0 saturated carbocycles. The second-order valence-electron chi connectivity index (χ2n) is 10.0. The summed E-state index contributed by atoms with van der Waals surface area (Å²) in [6, 6.07) is 15.6. The molecule has 0 spiro atoms. The van der Waals surface area contributed by atoms with Gasteiger partial charge in [-0.15, -0.1) is 0 Å². The van der Waals surface area contributed by atoms with E-state index in [0.717, 1.165) is 40.4 Å². The van der Waals surface area contributed by atoms with Crippen LogP contribution in [-0.2, 0) is 26.2 Å². The molecule has 3 aromatic rings. The van der Waals surface area contributed by atoms with Crippen molar-refractivity contribution in [1.82, 2.24) is 10.2 Å². The van der Waals surface area contributed by atoms with Gasteiger partial charge in [0.2, 0.25) is 11.8 Å². The Labute approximate surface area is 253 Å². The lowest BCUT2D eigenvalue weighted by Gasteiger charge is -2.33. The van der Waals surface area contributed by atoms with Crippen LogP contribution in [0.1, 0.15) is 44.2 Å². The van der Waals surface area contributed by atoms with Crippen molar-refractivity contribution in [3.8, 4) is 11.5 Å². The maximum absolute atomic E-state index is 14.2. The molecule has 3 aromatic carbocycles. The zero-order valence-electron chi connectivity index (χ0n) is 25.3. The fourth-order valence-electron chi connectivity index (χ4n) is 4.64. The number of methoxy groups -OCH3 is 2. The lowest BCUT2D eigenvalue weighted by Crippen LogP contribution is -2.52. The maximum Gasteiger partial charge on any atom is 0.264 e. The van der Waals surface area contributed by atoms with Gasteiger partial charge in [-0.1, -0.05) is 44.5 Å². The molecule has 0 aliphatic heterocycles. The Hall–Kier alpha value is -4.12. The molecule has 0 heterocycles. The second kappa shape index (κ2) is 15.4. The van der Waals surface area contributed by atoms with Crippen LogP contribution in [0.25, 0.3) is 0 Å². The molecule has 43 heavy (non-hydrogen) atoms. The van der Waals surface area contributed by atoms with Crippen LogP contribution in [0.4, 0.5) is 10.1 Å². The first-order valence-corrected chi connectivity index (χ1v) is 15.6. The summed E-state index contributed by atoms with van der Waals surface area (Å²) in [5.74, 6) is -0.947. The molecule has 11 heteroatoms. The zero-order valence-corrected chi connectivity index (χ0v) is 26.1. The smallest absolute Gasteiger partial charge is 0.264 e. The summed E-state index contributed by atoms with van der Waals surface area (Å²) in [6.45, 7) is 5.66. The average Bonchev–Trinajstić information content (AvgIpc) is 3.00. The van der Waals surface area contributed by atoms with Crippen LogP contribution in [-0.4, -0.2) is 58.5 Å². The minimum absolute atomic E-state index is 0.0841. The number of carbonyl (C=O) groups is 2. The van der Waals surface area contributed by atoms with Crippen LogP contribution in [0.5, 0.6) is 11.5 Å². The van der Waals surface area contributed by atoms with Crippen LogP contribution in [0.3, 0.4) is 0 Å². The molecule has 0 aliphatic carbocycles. The molecular formula is C32H40FN3O6S. The van der Waals surface area contributed by atoms with Crippen molar-refractivity contribution in [3.63, 3.8) is 0 Å². The number of benzene rings is 3. The van der Waals surface area contributed by atoms with Crippen LogP contribution < -0.4 is 19.1 Å². The Morgan fingerprint density at radius 1 is 0.953 bits per heavy atom. The highest BCUT2D eigenvalue weighted by Crippen LogP contribution is 2.32. The predicted molar refractivity (Wildman–Crippen MR) is 164 cm³/mol. The number of carbonyl (C=O) groups excluding carboxylic acids is 2. The van der Waals surface area contributed by atoms with Gasteiger partial charge in [0.05, 0.1) is 24.8 Å². The lowest BCUT2D eigenvalue weighted by molar-refractivity contribution is -0.140. The summed E-state index contributed by atoms with van der Waals surface area (Å²) in [7, 11) is -1.56. The summed E-state index contributed by atoms with van der Waals surface area (Å²) in [6.07, 6.45) is 1.99. The summed E-state index contributed by atoms with van der Waals surface area (Å²) in [5.41, 5.74) is 1.84. The number of amides is 2. The van der Waals surface area contributed by atoms with E-state index in [1.807, 2.05) is 38.1 Å². The minimum atomic E-state index is -4.38. The summed E-state index contributed by atoms with van der Waals surface area (Å²) >= 11 is 0. The summed E-state index contributed by atoms with van der Waals surface area (Å²) in [5, 5.41) is 2.91. The fourth-order valence-corrected chi connectivity index (χ4v) is 6.07. The van der Waals surface area contributed by atoms with Gasteiger partial charge in [-0.3, -0.25) is 13.9 Å². The van der Waals surface area contributed by atoms with E-state index in [4.69, 9.17) is 9.47 Å². The molecule has 1 N–H and O–H groups in total. The predicted octanol–water partition coefficient (Wildman–Crippen LogP) is 5.07. The maximum atomic E-state index is 14.2. The molecule has 0 aromatic heterocycles. The first-order chi connectivity index (χ1) is 20.6. The standard InChI is InChI=1S/C32H40FN3O6S/c1-6-8-19-34-32(38)28(7-2)35(21-24-12-10-9-11-23(24)3)31(37)22-36(26-15-13-25(33)14-16-26)43(39,40)27-17-18-29(41-4)30(20-27)42-5/h9-18,20,28H,6-8,19,21-22H2,1-5H3,(H,34,38)/t28-/m1/s1. The highest BCUT2D eigenvalue weighted by atomic mass is 32.2. The van der Waals surface area contributed by atoms with E-state index in [1.54, 1.807) is 6.92 Å². The van der Waals surface area contributed by atoms with E-state index in [-0.39, 0.29) is 28.8 Å². The lowest BCUT2D eigenvalue weighted by atomic mass is 10.1. The van der Waals surface area contributed by atoms with Crippen LogP contribution in [0.15, 0.2) is 71.6 Å². The van der Waals surface area contributed by atoms with Gasteiger partial charge in [0, 0.05) is 19.2 Å². The SMILES string of the molecule is CCCCNC(=O)[C@@H](CC)N(Cc1ccccc1C)C(=O)CN(c1ccc(F)cc1)S(=O)(=O)c1ccc(OC)c(OC)c1. The van der Waals surface area contributed by atoms with E-state index in [9.17, 15) is 22.4 Å². The fraction of sp³-hybridized carbons (Fsp3) is 0.375. The number of nitrogens with zero attached hydrogens (tertiary/aromatic N) is 2.